The van der Waals surface area contributed by atoms with Gasteiger partial charge in [0.1, 0.15) is 0 Å². The standard InChI is InChI=1S/C22H28N2O/c1-16(2)24(3)22(25)20-13-14-21(23-15-20)19-11-9-18(10-12-19)17-7-5-4-6-8-17/h9-17H,4-8H2,1-3H3. The van der Waals surface area contributed by atoms with Gasteiger partial charge < -0.3 is 4.90 Å². The topological polar surface area (TPSA) is 33.2 Å². The quantitative estimate of drug-likeness (QED) is 0.761. The summed E-state index contributed by atoms with van der Waals surface area (Å²) in [5.74, 6) is 0.740. The minimum Gasteiger partial charge on any atom is -0.339 e. The molecule has 1 fully saturated rings. The first-order valence-corrected chi connectivity index (χ1v) is 9.40. The first-order valence-electron chi connectivity index (χ1n) is 9.40. The van der Waals surface area contributed by atoms with Gasteiger partial charge in [0.2, 0.25) is 0 Å². The first kappa shape index (κ1) is 17.7. The van der Waals surface area contributed by atoms with Crippen LogP contribution in [0.3, 0.4) is 0 Å². The maximum atomic E-state index is 12.3. The van der Waals surface area contributed by atoms with Gasteiger partial charge in [0.25, 0.3) is 5.91 Å². The number of benzene rings is 1. The number of amides is 1. The lowest BCUT2D eigenvalue weighted by atomic mass is 9.84. The molecular weight excluding hydrogens is 308 g/mol. The molecule has 0 unspecified atom stereocenters. The van der Waals surface area contributed by atoms with Crippen LogP contribution in [0.4, 0.5) is 0 Å². The molecule has 0 aliphatic heterocycles. The summed E-state index contributed by atoms with van der Waals surface area (Å²) >= 11 is 0. The Hall–Kier alpha value is -2.16. The van der Waals surface area contributed by atoms with Crippen molar-refractivity contribution in [1.29, 1.82) is 0 Å². The van der Waals surface area contributed by atoms with Crippen LogP contribution in [0.25, 0.3) is 11.3 Å². The molecule has 3 heteroatoms. The minimum absolute atomic E-state index is 0.0155. The summed E-state index contributed by atoms with van der Waals surface area (Å²) in [4.78, 5) is 18.6. The fraction of sp³-hybridized carbons (Fsp3) is 0.455. The van der Waals surface area contributed by atoms with Crippen LogP contribution < -0.4 is 0 Å². The molecule has 0 bridgehead atoms. The second kappa shape index (κ2) is 7.81. The van der Waals surface area contributed by atoms with Crippen molar-refractivity contribution in [2.75, 3.05) is 7.05 Å². The Morgan fingerprint density at radius 3 is 2.28 bits per heavy atom. The third-order valence-electron chi connectivity index (χ3n) is 5.39. The molecule has 3 nitrogen and oxygen atoms in total. The number of rotatable bonds is 4. The highest BCUT2D eigenvalue weighted by Gasteiger charge is 2.16. The zero-order valence-corrected chi connectivity index (χ0v) is 15.5. The van der Waals surface area contributed by atoms with Gasteiger partial charge in [-0.1, -0.05) is 43.5 Å². The third kappa shape index (κ3) is 4.09. The molecule has 1 aromatic carbocycles. The molecule has 2 aromatic rings. The molecule has 1 heterocycles. The maximum absolute atomic E-state index is 12.3. The summed E-state index contributed by atoms with van der Waals surface area (Å²) < 4.78 is 0. The predicted molar refractivity (Wildman–Crippen MR) is 103 cm³/mol. The van der Waals surface area contributed by atoms with Crippen LogP contribution in [0.15, 0.2) is 42.6 Å². The van der Waals surface area contributed by atoms with E-state index in [1.54, 1.807) is 11.1 Å². The van der Waals surface area contributed by atoms with Crippen LogP contribution in [0.2, 0.25) is 0 Å². The number of pyridine rings is 1. The van der Waals surface area contributed by atoms with Gasteiger partial charge in [-0.3, -0.25) is 9.78 Å². The average molecular weight is 336 g/mol. The molecule has 0 spiro atoms. The van der Waals surface area contributed by atoms with Crippen LogP contribution in [0, 0.1) is 0 Å². The Bertz CT molecular complexity index is 698. The molecule has 1 saturated carbocycles. The van der Waals surface area contributed by atoms with E-state index in [4.69, 9.17) is 0 Å². The van der Waals surface area contributed by atoms with Gasteiger partial charge in [0, 0.05) is 24.8 Å². The molecule has 0 N–H and O–H groups in total. The van der Waals surface area contributed by atoms with Crippen LogP contribution in [0.5, 0.6) is 0 Å². The third-order valence-corrected chi connectivity index (χ3v) is 5.39. The van der Waals surface area contributed by atoms with Crippen LogP contribution in [-0.4, -0.2) is 28.9 Å². The predicted octanol–water partition coefficient (Wildman–Crippen LogP) is 5.28. The van der Waals surface area contributed by atoms with Gasteiger partial charge in [-0.25, -0.2) is 0 Å². The average Bonchev–Trinajstić information content (AvgIpc) is 2.67. The highest BCUT2D eigenvalue weighted by atomic mass is 16.2. The highest BCUT2D eigenvalue weighted by Crippen LogP contribution is 2.33. The summed E-state index contributed by atoms with van der Waals surface area (Å²) in [6, 6.07) is 12.8. The fourth-order valence-corrected chi connectivity index (χ4v) is 3.49. The van der Waals surface area contributed by atoms with E-state index in [9.17, 15) is 4.79 Å². The van der Waals surface area contributed by atoms with Crippen molar-refractivity contribution in [3.8, 4) is 11.3 Å². The van der Waals surface area contributed by atoms with Gasteiger partial charge >= 0.3 is 0 Å². The molecule has 1 aliphatic rings. The van der Waals surface area contributed by atoms with Crippen molar-refractivity contribution in [1.82, 2.24) is 9.88 Å². The van der Waals surface area contributed by atoms with Gasteiger partial charge in [-0.05, 0) is 50.3 Å². The summed E-state index contributed by atoms with van der Waals surface area (Å²) in [6.45, 7) is 4.02. The lowest BCUT2D eigenvalue weighted by molar-refractivity contribution is 0.0754. The van der Waals surface area contributed by atoms with E-state index in [0.717, 1.165) is 17.2 Å². The molecular formula is C22H28N2O. The molecule has 1 aromatic heterocycles. The van der Waals surface area contributed by atoms with E-state index in [-0.39, 0.29) is 11.9 Å². The Morgan fingerprint density at radius 2 is 1.72 bits per heavy atom. The number of nitrogens with zero attached hydrogens (tertiary/aromatic N) is 2. The number of carbonyl (C=O) groups excluding carboxylic acids is 1. The second-order valence-electron chi connectivity index (χ2n) is 7.40. The van der Waals surface area contributed by atoms with Crippen molar-refractivity contribution >= 4 is 5.91 Å². The lowest BCUT2D eigenvalue weighted by Crippen LogP contribution is -2.33. The zero-order valence-electron chi connectivity index (χ0n) is 15.5. The van der Waals surface area contributed by atoms with Gasteiger partial charge in [-0.2, -0.15) is 0 Å². The van der Waals surface area contributed by atoms with E-state index in [1.165, 1.54) is 37.7 Å². The van der Waals surface area contributed by atoms with Crippen molar-refractivity contribution in [2.24, 2.45) is 0 Å². The Morgan fingerprint density at radius 1 is 1.04 bits per heavy atom. The van der Waals surface area contributed by atoms with E-state index in [0.29, 0.717) is 5.56 Å². The molecule has 0 radical (unpaired) electrons. The van der Waals surface area contributed by atoms with Gasteiger partial charge in [-0.15, -0.1) is 0 Å². The minimum atomic E-state index is 0.0155. The van der Waals surface area contributed by atoms with E-state index in [1.807, 2.05) is 33.0 Å². The van der Waals surface area contributed by atoms with Crippen molar-refractivity contribution in [3.63, 3.8) is 0 Å². The molecule has 0 saturated heterocycles. The van der Waals surface area contributed by atoms with E-state index in [2.05, 4.69) is 29.2 Å². The molecule has 1 amide bonds. The SMILES string of the molecule is CC(C)N(C)C(=O)c1ccc(-c2ccc(C3CCCCC3)cc2)nc1. The summed E-state index contributed by atoms with van der Waals surface area (Å²) in [5.41, 5.74) is 4.11. The van der Waals surface area contributed by atoms with Gasteiger partial charge in [0.15, 0.2) is 0 Å². The monoisotopic (exact) mass is 336 g/mol. The number of carbonyl (C=O) groups is 1. The maximum Gasteiger partial charge on any atom is 0.255 e. The zero-order chi connectivity index (χ0) is 17.8. The molecule has 3 rings (SSSR count). The molecule has 132 valence electrons. The second-order valence-corrected chi connectivity index (χ2v) is 7.40. The van der Waals surface area contributed by atoms with Crippen molar-refractivity contribution < 1.29 is 4.79 Å². The van der Waals surface area contributed by atoms with Crippen LogP contribution in [0.1, 0.15) is 67.8 Å². The fourth-order valence-electron chi connectivity index (χ4n) is 3.49. The molecule has 1 aliphatic carbocycles. The van der Waals surface area contributed by atoms with E-state index < -0.39 is 0 Å². The largest absolute Gasteiger partial charge is 0.339 e. The van der Waals surface area contributed by atoms with Crippen LogP contribution >= 0.6 is 0 Å². The van der Waals surface area contributed by atoms with Crippen molar-refractivity contribution in [2.45, 2.75) is 57.9 Å². The summed E-state index contributed by atoms with van der Waals surface area (Å²) in [7, 11) is 1.82. The Kier molecular flexibility index (Phi) is 5.52. The normalized spacial score (nSPS) is 15.4. The van der Waals surface area contributed by atoms with Crippen LogP contribution in [-0.2, 0) is 0 Å². The summed E-state index contributed by atoms with van der Waals surface area (Å²) in [6.07, 6.45) is 8.42. The number of aromatic nitrogens is 1. The number of hydrogen-bond donors (Lipinski definition) is 0. The first-order chi connectivity index (χ1) is 12.1. The smallest absolute Gasteiger partial charge is 0.255 e. The number of hydrogen-bond acceptors (Lipinski definition) is 2. The molecule has 25 heavy (non-hydrogen) atoms. The Labute approximate surface area is 151 Å². The lowest BCUT2D eigenvalue weighted by Gasteiger charge is -2.22. The Balaban J connectivity index is 1.72. The van der Waals surface area contributed by atoms with E-state index >= 15 is 0 Å². The molecule has 0 atom stereocenters. The summed E-state index contributed by atoms with van der Waals surface area (Å²) in [5, 5.41) is 0. The van der Waals surface area contributed by atoms with Crippen molar-refractivity contribution in [3.05, 3.63) is 53.7 Å². The van der Waals surface area contributed by atoms with Gasteiger partial charge in [0.05, 0.1) is 11.3 Å². The highest BCUT2D eigenvalue weighted by molar-refractivity contribution is 5.94.